The molecule has 0 spiro atoms. The Morgan fingerprint density at radius 3 is 2.89 bits per heavy atom. The van der Waals surface area contributed by atoms with E-state index in [1.54, 1.807) is 18.3 Å². The molecule has 0 radical (unpaired) electrons. The van der Waals surface area contributed by atoms with Gasteiger partial charge in [0.15, 0.2) is 0 Å². The molecule has 5 heteroatoms. The summed E-state index contributed by atoms with van der Waals surface area (Å²) >= 11 is 9.45. The van der Waals surface area contributed by atoms with Crippen LogP contribution in [0.25, 0.3) is 0 Å². The molecular formula is C13H12BrClN2O. The molecule has 2 rings (SSSR count). The average Bonchev–Trinajstić information content (AvgIpc) is 2.34. The van der Waals surface area contributed by atoms with E-state index in [2.05, 4.69) is 26.2 Å². The van der Waals surface area contributed by atoms with E-state index in [0.717, 1.165) is 16.8 Å². The van der Waals surface area contributed by atoms with E-state index in [4.69, 9.17) is 16.3 Å². The molecule has 0 aliphatic carbocycles. The van der Waals surface area contributed by atoms with E-state index in [1.165, 1.54) is 0 Å². The average molecular weight is 328 g/mol. The van der Waals surface area contributed by atoms with E-state index in [-0.39, 0.29) is 0 Å². The molecule has 94 valence electrons. The molecule has 0 saturated carbocycles. The van der Waals surface area contributed by atoms with E-state index in [9.17, 15) is 0 Å². The summed E-state index contributed by atoms with van der Waals surface area (Å²) in [6.45, 7) is 2.83. The highest BCUT2D eigenvalue weighted by Crippen LogP contribution is 2.32. The minimum Gasteiger partial charge on any atom is -0.456 e. The SMILES string of the molecule is CCNc1cc(Oc2ccc(Br)cc2Cl)ccn1. The van der Waals surface area contributed by atoms with Gasteiger partial charge in [-0.1, -0.05) is 27.5 Å². The van der Waals surface area contributed by atoms with Gasteiger partial charge in [0, 0.05) is 23.3 Å². The molecule has 0 atom stereocenters. The molecule has 1 aromatic carbocycles. The van der Waals surface area contributed by atoms with E-state index >= 15 is 0 Å². The Bertz CT molecular complexity index is 548. The molecule has 0 unspecified atom stereocenters. The van der Waals surface area contributed by atoms with Crippen LogP contribution in [-0.4, -0.2) is 11.5 Å². The van der Waals surface area contributed by atoms with Crippen molar-refractivity contribution >= 4 is 33.3 Å². The van der Waals surface area contributed by atoms with Gasteiger partial charge in [0.2, 0.25) is 0 Å². The zero-order valence-electron chi connectivity index (χ0n) is 9.78. The lowest BCUT2D eigenvalue weighted by molar-refractivity contribution is 0.482. The quantitative estimate of drug-likeness (QED) is 0.882. The number of benzene rings is 1. The van der Waals surface area contributed by atoms with Gasteiger partial charge in [-0.15, -0.1) is 0 Å². The minimum atomic E-state index is 0.561. The highest BCUT2D eigenvalue weighted by molar-refractivity contribution is 9.10. The van der Waals surface area contributed by atoms with Crippen molar-refractivity contribution in [3.8, 4) is 11.5 Å². The van der Waals surface area contributed by atoms with Crippen molar-refractivity contribution in [2.45, 2.75) is 6.92 Å². The van der Waals surface area contributed by atoms with Gasteiger partial charge in [0.05, 0.1) is 5.02 Å². The number of hydrogen-bond donors (Lipinski definition) is 1. The lowest BCUT2D eigenvalue weighted by atomic mass is 10.3. The maximum Gasteiger partial charge on any atom is 0.146 e. The number of anilines is 1. The molecular weight excluding hydrogens is 316 g/mol. The Labute approximate surface area is 119 Å². The van der Waals surface area contributed by atoms with Gasteiger partial charge < -0.3 is 10.1 Å². The Morgan fingerprint density at radius 2 is 2.17 bits per heavy atom. The highest BCUT2D eigenvalue weighted by atomic mass is 79.9. The van der Waals surface area contributed by atoms with Crippen molar-refractivity contribution in [1.82, 2.24) is 4.98 Å². The second-order valence-corrected chi connectivity index (χ2v) is 4.91. The molecule has 2 aromatic rings. The van der Waals surface area contributed by atoms with Gasteiger partial charge in [-0.25, -0.2) is 4.98 Å². The van der Waals surface area contributed by atoms with Crippen molar-refractivity contribution < 1.29 is 4.74 Å². The smallest absolute Gasteiger partial charge is 0.146 e. The molecule has 0 bridgehead atoms. The summed E-state index contributed by atoms with van der Waals surface area (Å²) in [7, 11) is 0. The van der Waals surface area contributed by atoms with Gasteiger partial charge in [0.1, 0.15) is 17.3 Å². The van der Waals surface area contributed by atoms with Crippen LogP contribution in [0.4, 0.5) is 5.82 Å². The number of nitrogens with zero attached hydrogens (tertiary/aromatic N) is 1. The van der Waals surface area contributed by atoms with E-state index < -0.39 is 0 Å². The fraction of sp³-hybridized carbons (Fsp3) is 0.154. The number of hydrogen-bond acceptors (Lipinski definition) is 3. The third-order valence-electron chi connectivity index (χ3n) is 2.21. The molecule has 0 aliphatic heterocycles. The van der Waals surface area contributed by atoms with Gasteiger partial charge in [0.25, 0.3) is 0 Å². The van der Waals surface area contributed by atoms with Crippen LogP contribution in [0.2, 0.25) is 5.02 Å². The topological polar surface area (TPSA) is 34.1 Å². The summed E-state index contributed by atoms with van der Waals surface area (Å²) in [5.74, 6) is 2.10. The van der Waals surface area contributed by atoms with Crippen LogP contribution in [0.15, 0.2) is 41.0 Å². The first kappa shape index (κ1) is 13.2. The Morgan fingerprint density at radius 1 is 1.33 bits per heavy atom. The van der Waals surface area contributed by atoms with Crippen molar-refractivity contribution in [2.75, 3.05) is 11.9 Å². The Hall–Kier alpha value is -1.26. The summed E-state index contributed by atoms with van der Waals surface area (Å²) in [6.07, 6.45) is 1.69. The van der Waals surface area contributed by atoms with Crippen molar-refractivity contribution in [2.24, 2.45) is 0 Å². The van der Waals surface area contributed by atoms with Gasteiger partial charge in [-0.3, -0.25) is 0 Å². The Kier molecular flexibility index (Phi) is 4.44. The lowest BCUT2D eigenvalue weighted by Crippen LogP contribution is -1.98. The molecule has 1 aromatic heterocycles. The third-order valence-corrected chi connectivity index (χ3v) is 3.00. The predicted octanol–water partition coefficient (Wildman–Crippen LogP) is 4.72. The maximum atomic E-state index is 6.09. The first-order valence-corrected chi connectivity index (χ1v) is 6.69. The monoisotopic (exact) mass is 326 g/mol. The second kappa shape index (κ2) is 6.07. The minimum absolute atomic E-state index is 0.561. The summed E-state index contributed by atoms with van der Waals surface area (Å²) in [5, 5.41) is 3.69. The number of pyridine rings is 1. The number of rotatable bonds is 4. The van der Waals surface area contributed by atoms with Crippen molar-refractivity contribution in [3.05, 3.63) is 46.0 Å². The number of ether oxygens (including phenoxy) is 1. The summed E-state index contributed by atoms with van der Waals surface area (Å²) in [6, 6.07) is 9.12. The van der Waals surface area contributed by atoms with E-state index in [1.807, 2.05) is 25.1 Å². The van der Waals surface area contributed by atoms with Gasteiger partial charge in [-0.05, 0) is 31.2 Å². The van der Waals surface area contributed by atoms with Crippen LogP contribution in [0.1, 0.15) is 6.92 Å². The molecule has 0 amide bonds. The first-order chi connectivity index (χ1) is 8.69. The van der Waals surface area contributed by atoms with Crippen LogP contribution in [0.5, 0.6) is 11.5 Å². The summed E-state index contributed by atoms with van der Waals surface area (Å²) in [5.41, 5.74) is 0. The van der Waals surface area contributed by atoms with E-state index in [0.29, 0.717) is 16.5 Å². The molecule has 18 heavy (non-hydrogen) atoms. The van der Waals surface area contributed by atoms with Crippen molar-refractivity contribution in [3.63, 3.8) is 0 Å². The fourth-order valence-corrected chi connectivity index (χ4v) is 2.15. The summed E-state index contributed by atoms with van der Waals surface area (Å²) < 4.78 is 6.64. The Balaban J connectivity index is 2.20. The number of aromatic nitrogens is 1. The zero-order valence-corrected chi connectivity index (χ0v) is 12.1. The van der Waals surface area contributed by atoms with Gasteiger partial charge >= 0.3 is 0 Å². The molecule has 0 saturated heterocycles. The van der Waals surface area contributed by atoms with Crippen LogP contribution < -0.4 is 10.1 Å². The van der Waals surface area contributed by atoms with Crippen LogP contribution in [0.3, 0.4) is 0 Å². The standard InChI is InChI=1S/C13H12BrClN2O/c1-2-16-13-8-10(5-6-17-13)18-12-4-3-9(14)7-11(12)15/h3-8H,2H2,1H3,(H,16,17). The number of halogens is 2. The third kappa shape index (κ3) is 3.37. The second-order valence-electron chi connectivity index (χ2n) is 3.58. The maximum absolute atomic E-state index is 6.09. The molecule has 0 fully saturated rings. The molecule has 0 aliphatic rings. The van der Waals surface area contributed by atoms with Crippen LogP contribution in [-0.2, 0) is 0 Å². The van der Waals surface area contributed by atoms with Crippen LogP contribution >= 0.6 is 27.5 Å². The highest BCUT2D eigenvalue weighted by Gasteiger charge is 2.04. The number of nitrogens with one attached hydrogen (secondary N) is 1. The lowest BCUT2D eigenvalue weighted by Gasteiger charge is -2.09. The van der Waals surface area contributed by atoms with Gasteiger partial charge in [-0.2, -0.15) is 0 Å². The zero-order chi connectivity index (χ0) is 13.0. The summed E-state index contributed by atoms with van der Waals surface area (Å²) in [4.78, 5) is 4.18. The van der Waals surface area contributed by atoms with Crippen molar-refractivity contribution in [1.29, 1.82) is 0 Å². The molecule has 1 N–H and O–H groups in total. The fourth-order valence-electron chi connectivity index (χ4n) is 1.44. The predicted molar refractivity (Wildman–Crippen MR) is 77.6 cm³/mol. The largest absolute Gasteiger partial charge is 0.456 e. The molecule has 3 nitrogen and oxygen atoms in total. The first-order valence-electron chi connectivity index (χ1n) is 5.52. The van der Waals surface area contributed by atoms with Crippen LogP contribution in [0, 0.1) is 0 Å². The normalized spacial score (nSPS) is 10.2. The molecule has 1 heterocycles.